The van der Waals surface area contributed by atoms with Gasteiger partial charge in [0.15, 0.2) is 0 Å². The van der Waals surface area contributed by atoms with Crippen LogP contribution >= 0.6 is 0 Å². The summed E-state index contributed by atoms with van der Waals surface area (Å²) < 4.78 is 1.54. The predicted molar refractivity (Wildman–Crippen MR) is 90.5 cm³/mol. The fourth-order valence-corrected chi connectivity index (χ4v) is 3.10. The van der Waals surface area contributed by atoms with Gasteiger partial charge in [-0.15, -0.1) is 0 Å². The number of carbonyl (C=O) groups excluding carboxylic acids is 3. The molecular weight excluding hydrogens is 340 g/mol. The molecule has 1 atom stereocenters. The molecule has 2 aromatic rings. The van der Waals surface area contributed by atoms with E-state index in [2.05, 4.69) is 15.6 Å². The Morgan fingerprint density at radius 3 is 2.73 bits per heavy atom. The smallest absolute Gasteiger partial charge is 0.323 e. The molecule has 9 nitrogen and oxygen atoms in total. The Kier molecular flexibility index (Phi) is 4.45. The number of rotatable bonds is 4. The summed E-state index contributed by atoms with van der Waals surface area (Å²) in [6, 6.07) is 2.51. The first-order valence-electron chi connectivity index (χ1n) is 8.10. The number of imidazole rings is 1. The molecule has 0 radical (unpaired) electrons. The van der Waals surface area contributed by atoms with Gasteiger partial charge < -0.3 is 15.0 Å². The quantitative estimate of drug-likeness (QED) is 0.673. The molecular formula is C17H18N4O5. The van der Waals surface area contributed by atoms with Gasteiger partial charge in [-0.3, -0.25) is 24.5 Å². The number of hydrogen-bond donors (Lipinski definition) is 3. The van der Waals surface area contributed by atoms with Crippen LogP contribution in [0.4, 0.5) is 0 Å². The predicted octanol–water partition coefficient (Wildman–Crippen LogP) is 0.273. The van der Waals surface area contributed by atoms with E-state index in [1.165, 1.54) is 4.57 Å². The molecule has 1 saturated heterocycles. The molecule has 3 rings (SSSR count). The monoisotopic (exact) mass is 358 g/mol. The maximum atomic E-state index is 12.7. The van der Waals surface area contributed by atoms with Gasteiger partial charge in [-0.2, -0.15) is 0 Å². The van der Waals surface area contributed by atoms with Crippen molar-refractivity contribution >= 4 is 34.7 Å². The van der Waals surface area contributed by atoms with Gasteiger partial charge in [0.2, 0.25) is 11.8 Å². The topological polar surface area (TPSA) is 130 Å². The zero-order valence-electron chi connectivity index (χ0n) is 14.3. The molecule has 1 aromatic heterocycles. The van der Waals surface area contributed by atoms with Crippen LogP contribution < -0.4 is 10.6 Å². The molecule has 9 heteroatoms. The second-order valence-electron chi connectivity index (χ2n) is 6.24. The Labute approximate surface area is 148 Å². The third-order valence-corrected chi connectivity index (χ3v) is 4.37. The first-order valence-corrected chi connectivity index (χ1v) is 8.10. The van der Waals surface area contributed by atoms with E-state index in [4.69, 9.17) is 5.11 Å². The van der Waals surface area contributed by atoms with Crippen LogP contribution in [0.15, 0.2) is 12.1 Å². The van der Waals surface area contributed by atoms with Gasteiger partial charge in [0, 0.05) is 6.42 Å². The van der Waals surface area contributed by atoms with Gasteiger partial charge in [-0.25, -0.2) is 4.98 Å². The lowest BCUT2D eigenvalue weighted by Crippen LogP contribution is -2.52. The molecule has 1 unspecified atom stereocenters. The number of nitrogens with one attached hydrogen (secondary N) is 2. The van der Waals surface area contributed by atoms with Gasteiger partial charge in [0.1, 0.15) is 23.9 Å². The molecule has 136 valence electrons. The number of aryl methyl sites for hydroxylation is 2. The zero-order valence-corrected chi connectivity index (χ0v) is 14.3. The van der Waals surface area contributed by atoms with Crippen molar-refractivity contribution in [1.82, 2.24) is 20.2 Å². The third kappa shape index (κ3) is 3.15. The van der Waals surface area contributed by atoms with Crippen molar-refractivity contribution in [1.29, 1.82) is 0 Å². The summed E-state index contributed by atoms with van der Waals surface area (Å²) in [5.41, 5.74) is 2.00. The summed E-state index contributed by atoms with van der Waals surface area (Å²) >= 11 is 0. The Hall–Kier alpha value is -3.23. The molecule has 0 bridgehead atoms. The van der Waals surface area contributed by atoms with Crippen LogP contribution in [0.25, 0.3) is 11.0 Å². The molecule has 1 aliphatic heterocycles. The highest BCUT2D eigenvalue weighted by atomic mass is 16.4. The number of aliphatic carboxylic acids is 1. The molecule has 2 heterocycles. The molecule has 1 aliphatic rings. The average molecular weight is 358 g/mol. The van der Waals surface area contributed by atoms with Crippen LogP contribution in [-0.2, 0) is 20.9 Å². The molecule has 1 fully saturated rings. The van der Waals surface area contributed by atoms with E-state index in [0.29, 0.717) is 16.9 Å². The normalized spacial score (nSPS) is 17.2. The Morgan fingerprint density at radius 1 is 1.35 bits per heavy atom. The number of carbonyl (C=O) groups is 4. The maximum absolute atomic E-state index is 12.7. The van der Waals surface area contributed by atoms with Crippen molar-refractivity contribution < 1.29 is 24.3 Å². The number of imide groups is 1. The van der Waals surface area contributed by atoms with Crippen molar-refractivity contribution in [2.24, 2.45) is 0 Å². The fraction of sp³-hybridized carbons (Fsp3) is 0.353. The van der Waals surface area contributed by atoms with Crippen LogP contribution in [0.5, 0.6) is 0 Å². The number of nitrogens with zero attached hydrogens (tertiary/aromatic N) is 2. The van der Waals surface area contributed by atoms with Crippen LogP contribution in [0.1, 0.15) is 34.6 Å². The van der Waals surface area contributed by atoms with Crippen molar-refractivity contribution in [2.45, 2.75) is 39.3 Å². The second kappa shape index (κ2) is 6.58. The minimum atomic E-state index is -1.01. The minimum absolute atomic E-state index is 0.159. The molecule has 0 aliphatic carbocycles. The molecule has 3 N–H and O–H groups in total. The highest BCUT2D eigenvalue weighted by molar-refractivity contribution is 6.08. The van der Waals surface area contributed by atoms with E-state index < -0.39 is 23.8 Å². The summed E-state index contributed by atoms with van der Waals surface area (Å²) in [7, 11) is 0. The molecule has 3 amide bonds. The number of carboxylic acid groups (broad SMARTS) is 1. The second-order valence-corrected chi connectivity index (χ2v) is 6.24. The minimum Gasteiger partial charge on any atom is -0.480 e. The Bertz CT molecular complexity index is 946. The van der Waals surface area contributed by atoms with Gasteiger partial charge in [-0.1, -0.05) is 6.07 Å². The lowest BCUT2D eigenvalue weighted by Gasteiger charge is -2.21. The van der Waals surface area contributed by atoms with Crippen molar-refractivity contribution in [3.05, 3.63) is 29.1 Å². The van der Waals surface area contributed by atoms with Gasteiger partial charge >= 0.3 is 5.97 Å². The van der Waals surface area contributed by atoms with Crippen LogP contribution in [0.3, 0.4) is 0 Å². The Morgan fingerprint density at radius 2 is 2.08 bits per heavy atom. The lowest BCUT2D eigenvalue weighted by atomic mass is 10.0. The van der Waals surface area contributed by atoms with Gasteiger partial charge in [0.05, 0.1) is 11.1 Å². The highest BCUT2D eigenvalue weighted by Gasteiger charge is 2.29. The standard InChI is InChI=1S/C17H18N4O5/c1-8-3-4-10(14-15(8)21(7-13(23)24)9(2)18-14)16(25)19-11-5-6-12(22)20-17(11)26/h3-4,11H,5-7H2,1-2H3,(H,19,25)(H,23,24)(H,20,22,26). The average Bonchev–Trinajstić information content (AvgIpc) is 2.87. The van der Waals surface area contributed by atoms with Crippen LogP contribution in [-0.4, -0.2) is 44.4 Å². The molecule has 0 saturated carbocycles. The first kappa shape index (κ1) is 17.6. The summed E-state index contributed by atoms with van der Waals surface area (Å²) in [5.74, 6) is -1.92. The number of hydrogen-bond acceptors (Lipinski definition) is 5. The third-order valence-electron chi connectivity index (χ3n) is 4.37. The summed E-state index contributed by atoms with van der Waals surface area (Å²) in [6.07, 6.45) is 0.393. The lowest BCUT2D eigenvalue weighted by molar-refractivity contribution is -0.138. The first-order chi connectivity index (χ1) is 12.3. The number of carboxylic acids is 1. The fourth-order valence-electron chi connectivity index (χ4n) is 3.10. The number of aromatic nitrogens is 2. The SMILES string of the molecule is Cc1ccc(C(=O)NC2CCC(=O)NC2=O)c2nc(C)n(CC(=O)O)c12. The summed E-state index contributed by atoms with van der Waals surface area (Å²) in [5, 5.41) is 13.9. The van der Waals surface area contributed by atoms with E-state index in [0.717, 1.165) is 5.56 Å². The number of benzene rings is 1. The van der Waals surface area contributed by atoms with Crippen molar-refractivity contribution in [2.75, 3.05) is 0 Å². The molecule has 1 aromatic carbocycles. The summed E-state index contributed by atoms with van der Waals surface area (Å²) in [6.45, 7) is 3.22. The largest absolute Gasteiger partial charge is 0.480 e. The highest BCUT2D eigenvalue weighted by Crippen LogP contribution is 2.24. The van der Waals surface area contributed by atoms with E-state index in [-0.39, 0.29) is 30.9 Å². The molecule has 26 heavy (non-hydrogen) atoms. The van der Waals surface area contributed by atoms with Crippen molar-refractivity contribution in [3.8, 4) is 0 Å². The number of amides is 3. The Balaban J connectivity index is 1.96. The zero-order chi connectivity index (χ0) is 19.0. The van der Waals surface area contributed by atoms with Gasteiger partial charge in [0.25, 0.3) is 5.91 Å². The van der Waals surface area contributed by atoms with Gasteiger partial charge in [-0.05, 0) is 31.9 Å². The van der Waals surface area contributed by atoms with E-state index >= 15 is 0 Å². The van der Waals surface area contributed by atoms with Crippen LogP contribution in [0.2, 0.25) is 0 Å². The van der Waals surface area contributed by atoms with Crippen LogP contribution in [0, 0.1) is 13.8 Å². The number of fused-ring (bicyclic) bond motifs is 1. The molecule has 0 spiro atoms. The van der Waals surface area contributed by atoms with E-state index in [1.54, 1.807) is 19.1 Å². The number of piperidine rings is 1. The summed E-state index contributed by atoms with van der Waals surface area (Å²) in [4.78, 5) is 51.2. The van der Waals surface area contributed by atoms with E-state index in [9.17, 15) is 19.2 Å². The van der Waals surface area contributed by atoms with Crippen molar-refractivity contribution in [3.63, 3.8) is 0 Å². The maximum Gasteiger partial charge on any atom is 0.323 e. The van der Waals surface area contributed by atoms with E-state index in [1.807, 2.05) is 6.92 Å².